The van der Waals surface area contributed by atoms with E-state index in [9.17, 15) is 4.79 Å². The number of methoxy groups -OCH3 is 1. The Hall–Kier alpha value is -1.46. The van der Waals surface area contributed by atoms with E-state index in [1.807, 2.05) is 25.1 Å². The molecule has 0 radical (unpaired) electrons. The third-order valence-corrected chi connectivity index (χ3v) is 4.10. The van der Waals surface area contributed by atoms with Gasteiger partial charge in [-0.2, -0.15) is 12.6 Å². The highest BCUT2D eigenvalue weighted by molar-refractivity contribution is 7.81. The second-order valence-electron chi connectivity index (χ2n) is 4.90. The van der Waals surface area contributed by atoms with Gasteiger partial charge in [0.2, 0.25) is 0 Å². The lowest BCUT2D eigenvalue weighted by Gasteiger charge is -2.37. The maximum absolute atomic E-state index is 11.1. The van der Waals surface area contributed by atoms with Crippen molar-refractivity contribution in [1.29, 1.82) is 0 Å². The van der Waals surface area contributed by atoms with E-state index in [0.717, 1.165) is 24.2 Å². The molecular weight excluding hydrogens is 284 g/mol. The van der Waals surface area contributed by atoms with Crippen molar-refractivity contribution in [3.8, 4) is 0 Å². The lowest BCUT2D eigenvalue weighted by atomic mass is 10.0. The summed E-state index contributed by atoms with van der Waals surface area (Å²) < 4.78 is 4.56. The predicted octanol–water partition coefficient (Wildman–Crippen LogP) is 2.90. The van der Waals surface area contributed by atoms with Gasteiger partial charge in [-0.25, -0.2) is 4.79 Å². The van der Waals surface area contributed by atoms with E-state index >= 15 is 0 Å². The first-order valence-electron chi connectivity index (χ1n) is 7.00. The minimum Gasteiger partial charge on any atom is -0.466 e. The standard InChI is InChI=1S/C16H24N2O2S/c1-5-18(6-2)16(3,21)13-9-7-12(11-14(13)17)8-10-15(19)20-4/h7-11,21H,5-6,17H2,1-4H3/b10-8+. The van der Waals surface area contributed by atoms with Gasteiger partial charge in [-0.05, 0) is 37.7 Å². The maximum Gasteiger partial charge on any atom is 0.330 e. The lowest BCUT2D eigenvalue weighted by Crippen LogP contribution is -2.39. The number of hydrogen-bond donors (Lipinski definition) is 2. The van der Waals surface area contributed by atoms with Gasteiger partial charge in [0.1, 0.15) is 0 Å². The first kappa shape index (κ1) is 17.6. The number of esters is 1. The molecule has 2 N–H and O–H groups in total. The smallest absolute Gasteiger partial charge is 0.330 e. The van der Waals surface area contributed by atoms with Gasteiger partial charge in [0, 0.05) is 17.3 Å². The van der Waals surface area contributed by atoms with Crippen LogP contribution in [0.4, 0.5) is 5.69 Å². The molecule has 0 aromatic heterocycles. The van der Waals surface area contributed by atoms with Crippen molar-refractivity contribution in [2.45, 2.75) is 25.6 Å². The summed E-state index contributed by atoms with van der Waals surface area (Å²) in [5.41, 5.74) is 8.64. The molecule has 4 nitrogen and oxygen atoms in total. The fourth-order valence-electron chi connectivity index (χ4n) is 2.36. The fourth-order valence-corrected chi connectivity index (χ4v) is 2.84. The lowest BCUT2D eigenvalue weighted by molar-refractivity contribution is -0.134. The Morgan fingerprint density at radius 3 is 2.52 bits per heavy atom. The molecular formula is C16H24N2O2S. The maximum atomic E-state index is 11.1. The summed E-state index contributed by atoms with van der Waals surface area (Å²) in [6.07, 6.45) is 3.05. The van der Waals surface area contributed by atoms with Crippen LogP contribution in [-0.4, -0.2) is 31.1 Å². The normalized spacial score (nSPS) is 14.4. The molecule has 1 aromatic carbocycles. The van der Waals surface area contributed by atoms with Crippen molar-refractivity contribution in [1.82, 2.24) is 4.90 Å². The SMILES string of the molecule is CCN(CC)C(C)(S)c1ccc(/C=C/C(=O)OC)cc1N. The monoisotopic (exact) mass is 308 g/mol. The van der Waals surface area contributed by atoms with Gasteiger partial charge in [0.25, 0.3) is 0 Å². The van der Waals surface area contributed by atoms with Crippen LogP contribution in [0.15, 0.2) is 24.3 Å². The van der Waals surface area contributed by atoms with Gasteiger partial charge in [0.15, 0.2) is 0 Å². The Morgan fingerprint density at radius 2 is 2.05 bits per heavy atom. The second kappa shape index (κ2) is 7.52. The Balaban J connectivity index is 3.08. The number of nitrogen functional groups attached to an aromatic ring is 1. The van der Waals surface area contributed by atoms with Crippen LogP contribution in [0.5, 0.6) is 0 Å². The molecule has 0 aliphatic carbocycles. The first-order valence-corrected chi connectivity index (χ1v) is 7.44. The van der Waals surface area contributed by atoms with Gasteiger partial charge in [0.05, 0.1) is 12.0 Å². The van der Waals surface area contributed by atoms with Crippen molar-refractivity contribution in [3.63, 3.8) is 0 Å². The Kier molecular flexibility index (Phi) is 6.30. The Morgan fingerprint density at radius 1 is 1.43 bits per heavy atom. The largest absolute Gasteiger partial charge is 0.466 e. The molecule has 0 saturated heterocycles. The van der Waals surface area contributed by atoms with Crippen LogP contribution in [-0.2, 0) is 14.4 Å². The van der Waals surface area contributed by atoms with Crippen LogP contribution in [0.2, 0.25) is 0 Å². The molecule has 1 rings (SSSR count). The van der Waals surface area contributed by atoms with E-state index in [-0.39, 0.29) is 5.97 Å². The molecule has 0 heterocycles. The van der Waals surface area contributed by atoms with Crippen molar-refractivity contribution in [2.75, 3.05) is 25.9 Å². The van der Waals surface area contributed by atoms with Crippen molar-refractivity contribution in [2.24, 2.45) is 0 Å². The average Bonchev–Trinajstić information content (AvgIpc) is 2.45. The zero-order valence-corrected chi connectivity index (χ0v) is 14.0. The molecule has 0 bridgehead atoms. The minimum atomic E-state index is -0.432. The summed E-state index contributed by atoms with van der Waals surface area (Å²) in [7, 11) is 1.35. The van der Waals surface area contributed by atoms with Crippen LogP contribution in [0.1, 0.15) is 31.9 Å². The van der Waals surface area contributed by atoms with Crippen molar-refractivity contribution in [3.05, 3.63) is 35.4 Å². The summed E-state index contributed by atoms with van der Waals surface area (Å²) >= 11 is 4.79. The topological polar surface area (TPSA) is 55.6 Å². The molecule has 1 atom stereocenters. The third kappa shape index (κ3) is 4.25. The summed E-state index contributed by atoms with van der Waals surface area (Å²) in [6, 6.07) is 5.72. The fraction of sp³-hybridized carbons (Fsp3) is 0.438. The van der Waals surface area contributed by atoms with E-state index in [2.05, 4.69) is 23.5 Å². The number of thiol groups is 1. The number of rotatable bonds is 6. The van der Waals surface area contributed by atoms with Crippen LogP contribution in [0, 0.1) is 0 Å². The van der Waals surface area contributed by atoms with E-state index in [1.165, 1.54) is 13.2 Å². The van der Waals surface area contributed by atoms with Crippen LogP contribution >= 0.6 is 12.6 Å². The van der Waals surface area contributed by atoms with Gasteiger partial charge in [-0.3, -0.25) is 4.90 Å². The molecule has 5 heteroatoms. The zero-order chi connectivity index (χ0) is 16.0. The van der Waals surface area contributed by atoms with Gasteiger partial charge < -0.3 is 10.5 Å². The molecule has 0 fully saturated rings. The molecule has 0 spiro atoms. The van der Waals surface area contributed by atoms with E-state index in [0.29, 0.717) is 5.69 Å². The molecule has 1 unspecified atom stereocenters. The zero-order valence-electron chi connectivity index (χ0n) is 13.1. The van der Waals surface area contributed by atoms with Gasteiger partial charge in [-0.1, -0.05) is 26.0 Å². The van der Waals surface area contributed by atoms with E-state index in [1.54, 1.807) is 6.08 Å². The van der Waals surface area contributed by atoms with Crippen molar-refractivity contribution < 1.29 is 9.53 Å². The summed E-state index contributed by atoms with van der Waals surface area (Å²) in [6.45, 7) is 8.02. The Bertz CT molecular complexity index is 523. The molecule has 0 aliphatic rings. The number of anilines is 1. The van der Waals surface area contributed by atoms with E-state index < -0.39 is 4.87 Å². The van der Waals surface area contributed by atoms with E-state index in [4.69, 9.17) is 18.4 Å². The van der Waals surface area contributed by atoms with Gasteiger partial charge in [-0.15, -0.1) is 0 Å². The van der Waals surface area contributed by atoms with Gasteiger partial charge >= 0.3 is 5.97 Å². The number of nitrogens with two attached hydrogens (primary N) is 1. The van der Waals surface area contributed by atoms with Crippen LogP contribution in [0.3, 0.4) is 0 Å². The molecule has 0 amide bonds. The predicted molar refractivity (Wildman–Crippen MR) is 91.2 cm³/mol. The van der Waals surface area contributed by atoms with Crippen LogP contribution < -0.4 is 5.73 Å². The number of nitrogens with zero attached hydrogens (tertiary/aromatic N) is 1. The minimum absolute atomic E-state index is 0.389. The number of hydrogen-bond acceptors (Lipinski definition) is 5. The third-order valence-electron chi connectivity index (χ3n) is 3.58. The molecule has 1 aromatic rings. The molecule has 0 aliphatic heterocycles. The number of carbonyl (C=O) groups is 1. The quantitative estimate of drug-likeness (QED) is 0.279. The summed E-state index contributed by atoms with van der Waals surface area (Å²) in [5.74, 6) is -0.389. The number of benzene rings is 1. The van der Waals surface area contributed by atoms with Crippen LogP contribution in [0.25, 0.3) is 6.08 Å². The highest BCUT2D eigenvalue weighted by Gasteiger charge is 2.29. The highest BCUT2D eigenvalue weighted by atomic mass is 32.1. The second-order valence-corrected chi connectivity index (χ2v) is 5.77. The molecule has 0 saturated carbocycles. The molecule has 116 valence electrons. The number of ether oxygens (including phenoxy) is 1. The van der Waals surface area contributed by atoms with Crippen molar-refractivity contribution >= 4 is 30.4 Å². The average molecular weight is 308 g/mol. The summed E-state index contributed by atoms with van der Waals surface area (Å²) in [4.78, 5) is 12.9. The molecule has 21 heavy (non-hydrogen) atoms. The summed E-state index contributed by atoms with van der Waals surface area (Å²) in [5, 5.41) is 0. The first-order chi connectivity index (χ1) is 9.86. The Labute approximate surface area is 132 Å². The number of carbonyl (C=O) groups excluding carboxylic acids is 1. The highest BCUT2D eigenvalue weighted by Crippen LogP contribution is 2.36.